The molecule has 0 amide bonds. The molecule has 1 aliphatic rings. The Hall–Kier alpha value is -0.420. The first-order valence-corrected chi connectivity index (χ1v) is 10.2. The van der Waals surface area contributed by atoms with Gasteiger partial charge < -0.3 is 14.2 Å². The van der Waals surface area contributed by atoms with Crippen molar-refractivity contribution in [3.63, 3.8) is 0 Å². The highest BCUT2D eigenvalue weighted by atomic mass is 16.5. The highest BCUT2D eigenvalue weighted by Gasteiger charge is 2.33. The Balaban J connectivity index is 2.39. The molecule has 4 heteroatoms. The fourth-order valence-electron chi connectivity index (χ4n) is 4.19. The summed E-state index contributed by atoms with van der Waals surface area (Å²) in [5.41, 5.74) is 0.718. The summed E-state index contributed by atoms with van der Waals surface area (Å²) in [6.07, 6.45) is 8.57. The molecule has 0 radical (unpaired) electrons. The molecule has 0 N–H and O–H groups in total. The second-order valence-electron chi connectivity index (χ2n) is 9.53. The predicted molar refractivity (Wildman–Crippen MR) is 110 cm³/mol. The van der Waals surface area contributed by atoms with Crippen LogP contribution in [0.4, 0.5) is 0 Å². The summed E-state index contributed by atoms with van der Waals surface area (Å²) in [6.45, 7) is 16.9. The zero-order valence-corrected chi connectivity index (χ0v) is 18.3. The molecule has 2 unspecified atom stereocenters. The van der Waals surface area contributed by atoms with E-state index in [2.05, 4.69) is 51.7 Å². The molecule has 2 atom stereocenters. The van der Waals surface area contributed by atoms with Gasteiger partial charge in [0.15, 0.2) is 0 Å². The molecule has 4 nitrogen and oxygen atoms in total. The van der Waals surface area contributed by atoms with Crippen LogP contribution in [0.15, 0.2) is 12.2 Å². The normalized spacial score (nSPS) is 21.5. The van der Waals surface area contributed by atoms with Crippen molar-refractivity contribution in [2.24, 2.45) is 16.7 Å². The van der Waals surface area contributed by atoms with Crippen LogP contribution in [-0.2, 0) is 14.2 Å². The second kappa shape index (κ2) is 11.4. The Morgan fingerprint density at radius 3 is 1.88 bits per heavy atom. The van der Waals surface area contributed by atoms with Gasteiger partial charge >= 0.3 is 0 Å². The topological polar surface area (TPSA) is 30.9 Å². The molecule has 0 saturated carbocycles. The highest BCUT2D eigenvalue weighted by molar-refractivity contribution is 5.04. The van der Waals surface area contributed by atoms with Crippen molar-refractivity contribution in [1.82, 2.24) is 4.90 Å². The van der Waals surface area contributed by atoms with Crippen LogP contribution in [0.5, 0.6) is 0 Å². The van der Waals surface area contributed by atoms with Crippen molar-refractivity contribution in [3.8, 4) is 0 Å². The quantitative estimate of drug-likeness (QED) is 0.477. The van der Waals surface area contributed by atoms with Crippen LogP contribution in [0.1, 0.15) is 53.9 Å². The first kappa shape index (κ1) is 23.6. The lowest BCUT2D eigenvalue weighted by atomic mass is 9.66. The SMILES string of the molecule is COCCN(CCOC)CCOC1C=CC(C(C)(C)CC(C)(C)C)CC1. The standard InChI is InChI=1S/C22H43NO3/c1-21(2,3)18-22(4,5)19-8-10-20(11-9-19)26-17-14-23(12-15-24-6)13-16-25-7/h8,10,19-20H,9,11-18H2,1-7H3. The van der Waals surface area contributed by atoms with E-state index in [1.165, 1.54) is 12.8 Å². The molecule has 154 valence electrons. The van der Waals surface area contributed by atoms with Crippen LogP contribution < -0.4 is 0 Å². The van der Waals surface area contributed by atoms with E-state index in [1.54, 1.807) is 14.2 Å². The molecule has 0 saturated heterocycles. The van der Waals surface area contributed by atoms with Crippen LogP contribution in [0, 0.1) is 16.7 Å². The molecule has 0 aromatic rings. The fourth-order valence-corrected chi connectivity index (χ4v) is 4.19. The number of allylic oxidation sites excluding steroid dienone is 1. The second-order valence-corrected chi connectivity index (χ2v) is 9.53. The summed E-state index contributed by atoms with van der Waals surface area (Å²) in [5.74, 6) is 0.654. The third-order valence-electron chi connectivity index (χ3n) is 5.27. The molecule has 26 heavy (non-hydrogen) atoms. The fraction of sp³-hybridized carbons (Fsp3) is 0.909. The molecule has 0 aromatic heterocycles. The summed E-state index contributed by atoms with van der Waals surface area (Å²) in [7, 11) is 3.49. The maximum absolute atomic E-state index is 6.13. The van der Waals surface area contributed by atoms with E-state index < -0.39 is 0 Å². The Kier molecular flexibility index (Phi) is 10.4. The minimum Gasteiger partial charge on any atom is -0.383 e. The molecular formula is C22H43NO3. The third-order valence-corrected chi connectivity index (χ3v) is 5.27. The molecule has 0 aromatic carbocycles. The van der Waals surface area contributed by atoms with Crippen molar-refractivity contribution < 1.29 is 14.2 Å². The zero-order valence-electron chi connectivity index (χ0n) is 18.3. The molecular weight excluding hydrogens is 326 g/mol. The third kappa shape index (κ3) is 9.50. The molecule has 0 heterocycles. The molecule has 0 fully saturated rings. The van der Waals surface area contributed by atoms with Gasteiger partial charge in [-0.1, -0.05) is 46.8 Å². The summed E-state index contributed by atoms with van der Waals surface area (Å²) < 4.78 is 16.5. The maximum atomic E-state index is 6.13. The smallest absolute Gasteiger partial charge is 0.0756 e. The van der Waals surface area contributed by atoms with Crippen molar-refractivity contribution in [2.75, 3.05) is 53.7 Å². The van der Waals surface area contributed by atoms with Gasteiger partial charge in [-0.05, 0) is 36.0 Å². The van der Waals surface area contributed by atoms with E-state index in [-0.39, 0.29) is 6.10 Å². The molecule has 0 spiro atoms. The van der Waals surface area contributed by atoms with Crippen molar-refractivity contribution >= 4 is 0 Å². The number of methoxy groups -OCH3 is 2. The van der Waals surface area contributed by atoms with Gasteiger partial charge in [-0.25, -0.2) is 0 Å². The lowest BCUT2D eigenvalue weighted by molar-refractivity contribution is 0.0344. The monoisotopic (exact) mass is 369 g/mol. The number of ether oxygens (including phenoxy) is 3. The minimum atomic E-state index is 0.267. The van der Waals surface area contributed by atoms with Gasteiger partial charge in [0.05, 0.1) is 25.9 Å². The zero-order chi connectivity index (χ0) is 19.6. The van der Waals surface area contributed by atoms with Crippen LogP contribution in [0.3, 0.4) is 0 Å². The predicted octanol–water partition coefficient (Wildman–Crippen LogP) is 4.40. The average molecular weight is 370 g/mol. The summed E-state index contributed by atoms with van der Waals surface area (Å²) in [5, 5.41) is 0. The van der Waals surface area contributed by atoms with Gasteiger partial charge in [-0.15, -0.1) is 0 Å². The summed E-state index contributed by atoms with van der Waals surface area (Å²) in [4.78, 5) is 2.34. The summed E-state index contributed by atoms with van der Waals surface area (Å²) in [6, 6.07) is 0. The van der Waals surface area contributed by atoms with Crippen LogP contribution in [-0.4, -0.2) is 64.7 Å². The van der Waals surface area contributed by atoms with Crippen molar-refractivity contribution in [1.29, 1.82) is 0 Å². The van der Waals surface area contributed by atoms with E-state index in [0.717, 1.165) is 45.9 Å². The Bertz CT molecular complexity index is 393. The molecule has 1 rings (SSSR count). The first-order valence-electron chi connectivity index (χ1n) is 10.2. The Morgan fingerprint density at radius 1 is 0.846 bits per heavy atom. The molecule has 0 bridgehead atoms. The van der Waals surface area contributed by atoms with Crippen LogP contribution in [0.25, 0.3) is 0 Å². The van der Waals surface area contributed by atoms with Gasteiger partial charge in [0.25, 0.3) is 0 Å². The van der Waals surface area contributed by atoms with E-state index in [1.807, 2.05) is 0 Å². The number of rotatable bonds is 12. The molecule has 0 aliphatic heterocycles. The van der Waals surface area contributed by atoms with E-state index in [9.17, 15) is 0 Å². The lowest BCUT2D eigenvalue weighted by Gasteiger charge is -2.40. The Labute approximate surface area is 162 Å². The van der Waals surface area contributed by atoms with Crippen LogP contribution in [0.2, 0.25) is 0 Å². The number of nitrogens with zero attached hydrogens (tertiary/aromatic N) is 1. The van der Waals surface area contributed by atoms with E-state index >= 15 is 0 Å². The van der Waals surface area contributed by atoms with Gasteiger partial charge in [0.1, 0.15) is 0 Å². The number of hydrogen-bond acceptors (Lipinski definition) is 4. The first-order chi connectivity index (χ1) is 12.2. The number of hydrogen-bond donors (Lipinski definition) is 0. The van der Waals surface area contributed by atoms with Crippen molar-refractivity contribution in [3.05, 3.63) is 12.2 Å². The molecule has 1 aliphatic carbocycles. The van der Waals surface area contributed by atoms with Gasteiger partial charge in [0, 0.05) is 33.9 Å². The van der Waals surface area contributed by atoms with E-state index in [0.29, 0.717) is 16.7 Å². The summed E-state index contributed by atoms with van der Waals surface area (Å²) >= 11 is 0. The largest absolute Gasteiger partial charge is 0.383 e. The van der Waals surface area contributed by atoms with Gasteiger partial charge in [0.2, 0.25) is 0 Å². The van der Waals surface area contributed by atoms with E-state index in [4.69, 9.17) is 14.2 Å². The maximum Gasteiger partial charge on any atom is 0.0756 e. The highest BCUT2D eigenvalue weighted by Crippen LogP contribution is 2.43. The average Bonchev–Trinajstić information content (AvgIpc) is 2.55. The van der Waals surface area contributed by atoms with Gasteiger partial charge in [-0.3, -0.25) is 4.90 Å². The minimum absolute atomic E-state index is 0.267. The van der Waals surface area contributed by atoms with Crippen LogP contribution >= 0.6 is 0 Å². The lowest BCUT2D eigenvalue weighted by Crippen LogP contribution is -2.35. The Morgan fingerprint density at radius 2 is 1.42 bits per heavy atom. The van der Waals surface area contributed by atoms with Crippen molar-refractivity contribution in [2.45, 2.75) is 60.0 Å². The van der Waals surface area contributed by atoms with Gasteiger partial charge in [-0.2, -0.15) is 0 Å².